The van der Waals surface area contributed by atoms with Gasteiger partial charge in [-0.1, -0.05) is 6.07 Å². The van der Waals surface area contributed by atoms with Gasteiger partial charge in [-0.3, -0.25) is 0 Å². The molecular formula is C8H10ClF3N2O. The maximum Gasteiger partial charge on any atom is 0.257 e. The summed E-state index contributed by atoms with van der Waals surface area (Å²) >= 11 is 0. The van der Waals surface area contributed by atoms with Crippen LogP contribution in [0.3, 0.4) is 0 Å². The second-order valence-corrected chi connectivity index (χ2v) is 2.76. The van der Waals surface area contributed by atoms with E-state index >= 15 is 0 Å². The molecule has 3 nitrogen and oxygen atoms in total. The number of nitrogens with two attached hydrogens (primary N) is 2. The van der Waals surface area contributed by atoms with Crippen LogP contribution < -0.4 is 11.5 Å². The third kappa shape index (κ3) is 2.66. The van der Waals surface area contributed by atoms with Gasteiger partial charge < -0.3 is 16.6 Å². The Hall–Kier alpha value is -1.14. The van der Waals surface area contributed by atoms with Gasteiger partial charge in [0.05, 0.1) is 6.04 Å². The van der Waals surface area contributed by atoms with Crippen LogP contribution in [0.2, 0.25) is 0 Å². The summed E-state index contributed by atoms with van der Waals surface area (Å²) < 4.78 is 37.0. The molecule has 86 valence electrons. The number of nitrogen functional groups attached to an aromatic ring is 1. The zero-order valence-electron chi connectivity index (χ0n) is 7.45. The Morgan fingerprint density at radius 1 is 1.27 bits per heavy atom. The first-order valence-electron chi connectivity index (χ1n) is 3.75. The average Bonchev–Trinajstić information content (AvgIpc) is 2.13. The molecule has 1 atom stereocenters. The minimum absolute atomic E-state index is 0. The van der Waals surface area contributed by atoms with Crippen molar-refractivity contribution in [2.75, 3.05) is 5.73 Å². The molecule has 0 spiro atoms. The highest BCUT2D eigenvalue weighted by Gasteiger charge is 2.22. The number of halogens is 4. The van der Waals surface area contributed by atoms with Gasteiger partial charge in [0, 0.05) is 5.56 Å². The van der Waals surface area contributed by atoms with Crippen molar-refractivity contribution < 1.29 is 18.3 Å². The van der Waals surface area contributed by atoms with Crippen LogP contribution in [0.4, 0.5) is 18.9 Å². The van der Waals surface area contributed by atoms with Gasteiger partial charge in [-0.05, 0) is 6.07 Å². The van der Waals surface area contributed by atoms with E-state index in [1.807, 2.05) is 0 Å². The highest BCUT2D eigenvalue weighted by molar-refractivity contribution is 5.85. The Kier molecular flexibility index (Phi) is 4.70. The Balaban J connectivity index is 0.00000196. The summed E-state index contributed by atoms with van der Waals surface area (Å²) in [4.78, 5) is 0. The van der Waals surface area contributed by atoms with Crippen molar-refractivity contribution in [1.82, 2.24) is 0 Å². The van der Waals surface area contributed by atoms with Crippen molar-refractivity contribution in [2.24, 2.45) is 5.73 Å². The molecule has 5 N–H and O–H groups in total. The van der Waals surface area contributed by atoms with Gasteiger partial charge >= 0.3 is 0 Å². The molecule has 1 rings (SSSR count). The topological polar surface area (TPSA) is 72.3 Å². The molecule has 0 unspecified atom stereocenters. The SMILES string of the molecule is Cl.Nc1c(F)ccc([C@@H](N)C(F)F)c1O. The third-order valence-corrected chi connectivity index (χ3v) is 1.83. The van der Waals surface area contributed by atoms with E-state index < -0.39 is 29.7 Å². The van der Waals surface area contributed by atoms with Crippen LogP contribution in [0.1, 0.15) is 11.6 Å². The largest absolute Gasteiger partial charge is 0.505 e. The number of rotatable bonds is 2. The average molecular weight is 243 g/mol. The van der Waals surface area contributed by atoms with Crippen LogP contribution in [0.25, 0.3) is 0 Å². The Morgan fingerprint density at radius 2 is 1.80 bits per heavy atom. The van der Waals surface area contributed by atoms with Crippen LogP contribution in [-0.4, -0.2) is 11.5 Å². The number of aromatic hydroxyl groups is 1. The first-order valence-corrected chi connectivity index (χ1v) is 3.75. The maximum atomic E-state index is 12.7. The Bertz CT molecular complexity index is 349. The Labute approximate surface area is 90.3 Å². The van der Waals surface area contributed by atoms with E-state index in [4.69, 9.17) is 11.5 Å². The normalized spacial score (nSPS) is 12.3. The van der Waals surface area contributed by atoms with Gasteiger partial charge in [-0.2, -0.15) is 0 Å². The summed E-state index contributed by atoms with van der Waals surface area (Å²) in [5, 5.41) is 9.22. The van der Waals surface area contributed by atoms with E-state index in [9.17, 15) is 18.3 Å². The predicted molar refractivity (Wildman–Crippen MR) is 52.7 cm³/mol. The maximum absolute atomic E-state index is 12.7. The predicted octanol–water partition coefficient (Wildman–Crippen LogP) is 1.80. The molecule has 0 bridgehead atoms. The number of hydrogen-bond donors (Lipinski definition) is 3. The van der Waals surface area contributed by atoms with Gasteiger partial charge in [0.25, 0.3) is 6.43 Å². The number of anilines is 1. The summed E-state index contributed by atoms with van der Waals surface area (Å²) in [5.41, 5.74) is 9.33. The minimum atomic E-state index is -2.84. The molecule has 0 fully saturated rings. The van der Waals surface area contributed by atoms with E-state index in [1.165, 1.54) is 0 Å². The second-order valence-electron chi connectivity index (χ2n) is 2.76. The monoisotopic (exact) mass is 242 g/mol. The van der Waals surface area contributed by atoms with Crippen molar-refractivity contribution in [2.45, 2.75) is 12.5 Å². The van der Waals surface area contributed by atoms with Crippen molar-refractivity contribution >= 4 is 18.1 Å². The summed E-state index contributed by atoms with van der Waals surface area (Å²) in [6, 6.07) is 0.197. The second kappa shape index (κ2) is 5.09. The summed E-state index contributed by atoms with van der Waals surface area (Å²) in [6.45, 7) is 0. The van der Waals surface area contributed by atoms with E-state index in [0.717, 1.165) is 12.1 Å². The van der Waals surface area contributed by atoms with Crippen molar-refractivity contribution in [3.8, 4) is 5.75 Å². The third-order valence-electron chi connectivity index (χ3n) is 1.83. The molecule has 0 amide bonds. The smallest absolute Gasteiger partial charge is 0.257 e. The Morgan fingerprint density at radius 3 is 2.27 bits per heavy atom. The molecule has 0 saturated carbocycles. The van der Waals surface area contributed by atoms with Gasteiger partial charge in [0.2, 0.25) is 0 Å². The molecule has 0 radical (unpaired) electrons. The minimum Gasteiger partial charge on any atom is -0.505 e. The molecule has 7 heteroatoms. The number of phenols is 1. The number of phenolic OH excluding ortho intramolecular Hbond substituents is 1. The lowest BCUT2D eigenvalue weighted by molar-refractivity contribution is 0.115. The van der Waals surface area contributed by atoms with Gasteiger partial charge in [-0.15, -0.1) is 12.4 Å². The van der Waals surface area contributed by atoms with Crippen LogP contribution in [0.5, 0.6) is 5.75 Å². The lowest BCUT2D eigenvalue weighted by Crippen LogP contribution is -2.19. The zero-order chi connectivity index (χ0) is 10.9. The molecular weight excluding hydrogens is 233 g/mol. The number of benzene rings is 1. The number of hydrogen-bond acceptors (Lipinski definition) is 3. The molecule has 0 aliphatic carbocycles. The van der Waals surface area contributed by atoms with Gasteiger partial charge in [-0.25, -0.2) is 13.2 Å². The zero-order valence-corrected chi connectivity index (χ0v) is 8.27. The molecule has 15 heavy (non-hydrogen) atoms. The van der Waals surface area contributed by atoms with Gasteiger partial charge in [0.15, 0.2) is 0 Å². The fourth-order valence-electron chi connectivity index (χ4n) is 1.00. The van der Waals surface area contributed by atoms with Crippen LogP contribution in [-0.2, 0) is 0 Å². The molecule has 0 aliphatic rings. The molecule has 0 saturated heterocycles. The molecule has 0 heterocycles. The summed E-state index contributed by atoms with van der Waals surface area (Å²) in [6.07, 6.45) is -2.84. The van der Waals surface area contributed by atoms with Crippen molar-refractivity contribution in [1.29, 1.82) is 0 Å². The van der Waals surface area contributed by atoms with E-state index in [2.05, 4.69) is 0 Å². The lowest BCUT2D eigenvalue weighted by Gasteiger charge is -2.13. The fraction of sp³-hybridized carbons (Fsp3) is 0.250. The van der Waals surface area contributed by atoms with Crippen LogP contribution in [0.15, 0.2) is 12.1 Å². The van der Waals surface area contributed by atoms with Crippen LogP contribution >= 0.6 is 12.4 Å². The molecule has 1 aromatic rings. The van der Waals surface area contributed by atoms with Crippen molar-refractivity contribution in [3.63, 3.8) is 0 Å². The summed E-state index contributed by atoms with van der Waals surface area (Å²) in [7, 11) is 0. The van der Waals surface area contributed by atoms with Crippen molar-refractivity contribution in [3.05, 3.63) is 23.5 Å². The summed E-state index contributed by atoms with van der Waals surface area (Å²) in [5.74, 6) is -1.59. The molecule has 0 aliphatic heterocycles. The fourth-order valence-corrected chi connectivity index (χ4v) is 1.00. The first kappa shape index (κ1) is 13.9. The van der Waals surface area contributed by atoms with Gasteiger partial charge in [0.1, 0.15) is 17.3 Å². The molecule has 0 aromatic heterocycles. The molecule has 1 aromatic carbocycles. The van der Waals surface area contributed by atoms with E-state index in [0.29, 0.717) is 0 Å². The van der Waals surface area contributed by atoms with E-state index in [-0.39, 0.29) is 18.0 Å². The highest BCUT2D eigenvalue weighted by atomic mass is 35.5. The quantitative estimate of drug-likeness (QED) is 0.547. The first-order chi connectivity index (χ1) is 6.45. The van der Waals surface area contributed by atoms with Crippen LogP contribution in [0, 0.1) is 5.82 Å². The lowest BCUT2D eigenvalue weighted by atomic mass is 10.1. The van der Waals surface area contributed by atoms with E-state index in [1.54, 1.807) is 0 Å². The standard InChI is InChI=1S/C8H9F3N2O.ClH/c9-4-2-1-3(5(12)8(10)11)7(14)6(4)13;/h1-2,5,8,14H,12-13H2;1H/t5-;/m1./s1. The highest BCUT2D eigenvalue weighted by Crippen LogP contribution is 2.33. The number of alkyl halides is 2.